The molecule has 5 nitrogen and oxygen atoms in total. The molecular formula is C26H30N2O3S. The second-order valence-electron chi connectivity index (χ2n) is 9.81. The van der Waals surface area contributed by atoms with Gasteiger partial charge in [-0.25, -0.2) is 0 Å². The van der Waals surface area contributed by atoms with Gasteiger partial charge in [0.1, 0.15) is 5.75 Å². The normalized spacial score (nSPS) is 18.2. The molecule has 4 rings (SSSR count). The Kier molecular flexibility index (Phi) is 5.84. The van der Waals surface area contributed by atoms with E-state index < -0.39 is 0 Å². The number of hydrogen-bond acceptors (Lipinski definition) is 5. The predicted octanol–water partition coefficient (Wildman–Crippen LogP) is 5.61. The number of thioether (sulfide) groups is 1. The van der Waals surface area contributed by atoms with E-state index in [2.05, 4.69) is 62.2 Å². The van der Waals surface area contributed by atoms with Crippen LogP contribution in [0.4, 0.5) is 10.5 Å². The van der Waals surface area contributed by atoms with Crippen molar-refractivity contribution in [2.75, 3.05) is 25.6 Å². The zero-order valence-corrected chi connectivity index (χ0v) is 20.4. The van der Waals surface area contributed by atoms with E-state index in [-0.39, 0.29) is 16.6 Å². The maximum atomic E-state index is 12.0. The first-order valence-electron chi connectivity index (χ1n) is 10.9. The van der Waals surface area contributed by atoms with Crippen molar-refractivity contribution in [3.05, 3.63) is 51.9 Å². The van der Waals surface area contributed by atoms with Gasteiger partial charge >= 0.3 is 0 Å². The van der Waals surface area contributed by atoms with Crippen molar-refractivity contribution in [2.45, 2.75) is 39.5 Å². The van der Waals surface area contributed by atoms with Crippen molar-refractivity contribution in [1.29, 1.82) is 0 Å². The van der Waals surface area contributed by atoms with Gasteiger partial charge in [-0.1, -0.05) is 39.8 Å². The summed E-state index contributed by atoms with van der Waals surface area (Å²) in [5.41, 5.74) is 6.58. The number of nitrogens with zero attached hydrogens (tertiary/aromatic N) is 1. The molecule has 0 atom stereocenters. The van der Waals surface area contributed by atoms with E-state index in [4.69, 9.17) is 4.74 Å². The second kappa shape index (κ2) is 8.32. The molecule has 0 aliphatic carbocycles. The maximum absolute atomic E-state index is 12.0. The summed E-state index contributed by atoms with van der Waals surface area (Å²) in [5.74, 6) is 1.15. The number of benzene rings is 2. The van der Waals surface area contributed by atoms with Crippen LogP contribution in [0.15, 0.2) is 35.2 Å². The molecule has 0 bridgehead atoms. The smallest absolute Gasteiger partial charge is 0.290 e. The largest absolute Gasteiger partial charge is 0.492 e. The summed E-state index contributed by atoms with van der Waals surface area (Å²) in [6.45, 7) is 9.57. The summed E-state index contributed by atoms with van der Waals surface area (Å²) in [6, 6.07) is 10.7. The molecule has 32 heavy (non-hydrogen) atoms. The monoisotopic (exact) mass is 450 g/mol. The highest BCUT2D eigenvalue weighted by Gasteiger charge is 2.35. The predicted molar refractivity (Wildman–Crippen MR) is 132 cm³/mol. The summed E-state index contributed by atoms with van der Waals surface area (Å²) in [7, 11) is 4.05. The van der Waals surface area contributed by atoms with Crippen molar-refractivity contribution in [3.63, 3.8) is 0 Å². The molecule has 0 saturated carbocycles. The molecule has 2 heterocycles. The summed E-state index contributed by atoms with van der Waals surface area (Å²) in [5, 5.41) is 1.99. The van der Waals surface area contributed by atoms with Crippen LogP contribution in [0.1, 0.15) is 44.4 Å². The number of carbonyl (C=O) groups excluding carboxylic acids is 2. The summed E-state index contributed by atoms with van der Waals surface area (Å²) in [6.07, 6.45) is 2.77. The number of fused-ring (bicyclic) bond motifs is 1. The molecule has 2 aliphatic heterocycles. The Balaban J connectivity index is 1.90. The van der Waals surface area contributed by atoms with Crippen LogP contribution in [0.2, 0.25) is 0 Å². The molecule has 2 amide bonds. The Morgan fingerprint density at radius 1 is 1.16 bits per heavy atom. The minimum Gasteiger partial charge on any atom is -0.492 e. The number of rotatable bonds is 5. The Labute approximate surface area is 194 Å². The Bertz CT molecular complexity index is 1130. The summed E-state index contributed by atoms with van der Waals surface area (Å²) in [4.78, 5) is 26.1. The first kappa shape index (κ1) is 22.5. The molecule has 0 spiro atoms. The molecule has 2 aromatic carbocycles. The van der Waals surface area contributed by atoms with Gasteiger partial charge in [0.25, 0.3) is 11.1 Å². The van der Waals surface area contributed by atoms with E-state index >= 15 is 0 Å². The van der Waals surface area contributed by atoms with Crippen LogP contribution in [-0.2, 0) is 16.6 Å². The van der Waals surface area contributed by atoms with E-state index in [9.17, 15) is 9.59 Å². The highest BCUT2D eigenvalue weighted by Crippen LogP contribution is 2.48. The van der Waals surface area contributed by atoms with Gasteiger partial charge in [0, 0.05) is 41.9 Å². The number of amides is 2. The SMILES string of the molecule is CC(C)Cc1cc(-c2cc(/C=C3/SC(=O)NC3=O)ccc2N(C)C)c2c(c1)C(C)(C)CO2. The van der Waals surface area contributed by atoms with Gasteiger partial charge in [-0.3, -0.25) is 14.9 Å². The minimum atomic E-state index is -0.344. The maximum Gasteiger partial charge on any atom is 0.290 e. The molecule has 0 aromatic heterocycles. The van der Waals surface area contributed by atoms with Gasteiger partial charge in [-0.15, -0.1) is 0 Å². The quantitative estimate of drug-likeness (QED) is 0.600. The first-order valence-corrected chi connectivity index (χ1v) is 11.7. The molecule has 168 valence electrons. The van der Waals surface area contributed by atoms with Gasteiger partial charge in [0.15, 0.2) is 0 Å². The number of anilines is 1. The highest BCUT2D eigenvalue weighted by molar-refractivity contribution is 8.18. The molecule has 0 unspecified atom stereocenters. The third kappa shape index (κ3) is 4.29. The molecule has 6 heteroatoms. The molecule has 1 N–H and O–H groups in total. The first-order chi connectivity index (χ1) is 15.0. The van der Waals surface area contributed by atoms with E-state index in [0.717, 1.165) is 46.3 Å². The third-order valence-electron chi connectivity index (χ3n) is 5.83. The van der Waals surface area contributed by atoms with Gasteiger partial charge in [0.05, 0.1) is 11.5 Å². The fourth-order valence-electron chi connectivity index (χ4n) is 4.29. The van der Waals surface area contributed by atoms with Crippen LogP contribution < -0.4 is 15.0 Å². The molecular weight excluding hydrogens is 420 g/mol. The lowest BCUT2D eigenvalue weighted by Crippen LogP contribution is -2.18. The zero-order chi connectivity index (χ0) is 23.2. The fourth-order valence-corrected chi connectivity index (χ4v) is 4.97. The van der Waals surface area contributed by atoms with E-state index in [1.54, 1.807) is 6.08 Å². The van der Waals surface area contributed by atoms with E-state index in [0.29, 0.717) is 17.4 Å². The standard InChI is InChI=1S/C26H30N2O3S/c1-15(2)9-17-11-19(23-20(12-17)26(3,4)14-31-23)18-10-16(7-8-21(18)28(5)6)13-22-24(29)27-25(30)32-22/h7-8,10-13,15H,9,14H2,1-6H3,(H,27,29,30)/b22-13+. The molecule has 2 aromatic rings. The lowest BCUT2D eigenvalue weighted by molar-refractivity contribution is -0.115. The summed E-state index contributed by atoms with van der Waals surface area (Å²) >= 11 is 0.936. The van der Waals surface area contributed by atoms with Gasteiger partial charge in [0.2, 0.25) is 0 Å². The van der Waals surface area contributed by atoms with Crippen LogP contribution in [0.25, 0.3) is 17.2 Å². The Morgan fingerprint density at radius 2 is 1.91 bits per heavy atom. The van der Waals surface area contributed by atoms with Crippen LogP contribution in [0, 0.1) is 5.92 Å². The van der Waals surface area contributed by atoms with Gasteiger partial charge < -0.3 is 9.64 Å². The number of nitrogens with one attached hydrogen (secondary N) is 1. The van der Waals surface area contributed by atoms with Gasteiger partial charge in [-0.2, -0.15) is 0 Å². The van der Waals surface area contributed by atoms with Crippen LogP contribution in [0.5, 0.6) is 5.75 Å². The van der Waals surface area contributed by atoms with E-state index in [1.807, 2.05) is 20.2 Å². The third-order valence-corrected chi connectivity index (χ3v) is 6.64. The van der Waals surface area contributed by atoms with Crippen molar-refractivity contribution in [3.8, 4) is 16.9 Å². The van der Waals surface area contributed by atoms with Crippen molar-refractivity contribution >= 4 is 34.7 Å². The number of hydrogen-bond donors (Lipinski definition) is 1. The Hall–Kier alpha value is -2.73. The molecule has 1 fully saturated rings. The number of carbonyl (C=O) groups is 2. The second-order valence-corrected chi connectivity index (χ2v) is 10.8. The summed E-state index contributed by atoms with van der Waals surface area (Å²) < 4.78 is 6.25. The topological polar surface area (TPSA) is 58.6 Å². The van der Waals surface area contributed by atoms with Crippen LogP contribution in [0.3, 0.4) is 0 Å². The molecule has 1 saturated heterocycles. The van der Waals surface area contributed by atoms with Crippen LogP contribution in [-0.4, -0.2) is 31.8 Å². The van der Waals surface area contributed by atoms with E-state index in [1.165, 1.54) is 11.1 Å². The zero-order valence-electron chi connectivity index (χ0n) is 19.5. The highest BCUT2D eigenvalue weighted by atomic mass is 32.2. The van der Waals surface area contributed by atoms with Crippen LogP contribution >= 0.6 is 11.8 Å². The van der Waals surface area contributed by atoms with Gasteiger partial charge in [-0.05, 0) is 59.5 Å². The number of ether oxygens (including phenoxy) is 1. The molecule has 0 radical (unpaired) electrons. The average Bonchev–Trinajstić information content (AvgIpc) is 3.18. The van der Waals surface area contributed by atoms with Crippen molar-refractivity contribution in [1.82, 2.24) is 5.32 Å². The fraction of sp³-hybridized carbons (Fsp3) is 0.385. The number of imide groups is 1. The van der Waals surface area contributed by atoms with Crippen molar-refractivity contribution in [2.24, 2.45) is 5.92 Å². The minimum absolute atomic E-state index is 0.0477. The molecule has 2 aliphatic rings. The van der Waals surface area contributed by atoms with Crippen molar-refractivity contribution < 1.29 is 14.3 Å². The Morgan fingerprint density at radius 3 is 2.53 bits per heavy atom. The average molecular weight is 451 g/mol. The lowest BCUT2D eigenvalue weighted by Gasteiger charge is -2.22. The lowest BCUT2D eigenvalue weighted by atomic mass is 9.83.